The molecule has 0 aliphatic carbocycles. The molecule has 0 bridgehead atoms. The molecule has 0 spiro atoms. The maximum Gasteiger partial charge on any atom is 0.401 e. The van der Waals surface area contributed by atoms with Crippen LogP contribution in [0.1, 0.15) is 11.6 Å². The summed E-state index contributed by atoms with van der Waals surface area (Å²) in [6.07, 6.45) is -4.40. The molecule has 0 fully saturated rings. The van der Waals surface area contributed by atoms with Crippen LogP contribution in [0.15, 0.2) is 22.7 Å². The number of benzene rings is 1. The first kappa shape index (κ1) is 13.9. The molecular weight excluding hydrogens is 304 g/mol. The zero-order valence-electron chi connectivity index (χ0n) is 8.35. The summed E-state index contributed by atoms with van der Waals surface area (Å²) in [5.74, 6) is -0.540. The number of hydrogen-bond donors (Lipinski definition) is 1. The Morgan fingerprint density at radius 3 is 2.53 bits per heavy atom. The molecular formula is C10H7BrF4N2. The fourth-order valence-electron chi connectivity index (χ4n) is 1.15. The highest BCUT2D eigenvalue weighted by molar-refractivity contribution is 9.10. The van der Waals surface area contributed by atoms with Crippen LogP contribution in [-0.2, 0) is 0 Å². The third-order valence-electron chi connectivity index (χ3n) is 1.91. The van der Waals surface area contributed by atoms with Crippen molar-refractivity contribution < 1.29 is 17.6 Å². The zero-order valence-corrected chi connectivity index (χ0v) is 9.94. The van der Waals surface area contributed by atoms with Gasteiger partial charge in [-0.3, -0.25) is 5.32 Å². The van der Waals surface area contributed by atoms with Crippen molar-refractivity contribution in [3.05, 3.63) is 34.1 Å². The second-order valence-electron chi connectivity index (χ2n) is 3.23. The predicted octanol–water partition coefficient (Wildman–Crippen LogP) is 3.30. The van der Waals surface area contributed by atoms with Crippen LogP contribution in [0, 0.1) is 17.1 Å². The summed E-state index contributed by atoms with van der Waals surface area (Å²) < 4.78 is 48.9. The molecule has 7 heteroatoms. The van der Waals surface area contributed by atoms with Crippen molar-refractivity contribution in [2.24, 2.45) is 0 Å². The average Bonchev–Trinajstić information content (AvgIpc) is 2.22. The fraction of sp³-hybridized carbons (Fsp3) is 0.300. The minimum Gasteiger partial charge on any atom is -0.290 e. The number of nitrogens with one attached hydrogen (secondary N) is 1. The van der Waals surface area contributed by atoms with E-state index in [1.54, 1.807) is 6.07 Å². The van der Waals surface area contributed by atoms with Gasteiger partial charge >= 0.3 is 6.18 Å². The van der Waals surface area contributed by atoms with Crippen LogP contribution in [0.5, 0.6) is 0 Å². The highest BCUT2D eigenvalue weighted by Crippen LogP contribution is 2.22. The zero-order chi connectivity index (χ0) is 13.1. The molecule has 1 N–H and O–H groups in total. The SMILES string of the molecule is N#CC(NCC(F)(F)F)c1ccc(F)c(Br)c1. The van der Waals surface area contributed by atoms with E-state index in [0.29, 0.717) is 0 Å². The molecule has 2 nitrogen and oxygen atoms in total. The number of hydrogen-bond acceptors (Lipinski definition) is 2. The lowest BCUT2D eigenvalue weighted by molar-refractivity contribution is -0.125. The molecule has 0 aromatic heterocycles. The average molecular weight is 311 g/mol. The Labute approximate surface area is 103 Å². The van der Waals surface area contributed by atoms with E-state index in [1.165, 1.54) is 12.1 Å². The van der Waals surface area contributed by atoms with Gasteiger partial charge in [-0.25, -0.2) is 4.39 Å². The molecule has 0 aliphatic heterocycles. The highest BCUT2D eigenvalue weighted by atomic mass is 79.9. The van der Waals surface area contributed by atoms with E-state index in [4.69, 9.17) is 5.26 Å². The number of rotatable bonds is 3. The van der Waals surface area contributed by atoms with Crippen molar-refractivity contribution in [1.29, 1.82) is 5.26 Å². The van der Waals surface area contributed by atoms with Crippen molar-refractivity contribution in [2.45, 2.75) is 12.2 Å². The summed E-state index contributed by atoms with van der Waals surface area (Å²) in [4.78, 5) is 0. The highest BCUT2D eigenvalue weighted by Gasteiger charge is 2.28. The third kappa shape index (κ3) is 4.32. The minimum atomic E-state index is -4.40. The number of nitriles is 1. The molecule has 1 unspecified atom stereocenters. The molecule has 1 atom stereocenters. The standard InChI is InChI=1S/C10H7BrF4N2/c11-7-3-6(1-2-8(7)12)9(4-16)17-5-10(13,14)15/h1-3,9,17H,5H2. The lowest BCUT2D eigenvalue weighted by atomic mass is 10.1. The normalized spacial score (nSPS) is 13.2. The molecule has 0 radical (unpaired) electrons. The molecule has 0 heterocycles. The molecule has 1 rings (SSSR count). The van der Waals surface area contributed by atoms with Crippen LogP contribution in [0.2, 0.25) is 0 Å². The summed E-state index contributed by atoms with van der Waals surface area (Å²) in [6, 6.07) is 4.17. The first-order valence-electron chi connectivity index (χ1n) is 4.48. The summed E-state index contributed by atoms with van der Waals surface area (Å²) in [5.41, 5.74) is 0.269. The Balaban J connectivity index is 2.81. The van der Waals surface area contributed by atoms with Crippen LogP contribution in [-0.4, -0.2) is 12.7 Å². The Kier molecular flexibility index (Phi) is 4.48. The van der Waals surface area contributed by atoms with Gasteiger partial charge < -0.3 is 0 Å². The van der Waals surface area contributed by atoms with Crippen LogP contribution < -0.4 is 5.32 Å². The summed E-state index contributed by atoms with van der Waals surface area (Å²) in [5, 5.41) is 10.8. The van der Waals surface area contributed by atoms with E-state index in [9.17, 15) is 17.6 Å². The largest absolute Gasteiger partial charge is 0.401 e. The van der Waals surface area contributed by atoms with E-state index in [1.807, 2.05) is 5.32 Å². The number of alkyl halides is 3. The Morgan fingerprint density at radius 2 is 2.06 bits per heavy atom. The van der Waals surface area contributed by atoms with Crippen LogP contribution in [0.25, 0.3) is 0 Å². The molecule has 0 saturated heterocycles. The van der Waals surface area contributed by atoms with Crippen LogP contribution >= 0.6 is 15.9 Å². The van der Waals surface area contributed by atoms with E-state index in [0.717, 1.165) is 6.07 Å². The number of halogens is 5. The van der Waals surface area contributed by atoms with Crippen molar-refractivity contribution in [1.82, 2.24) is 5.32 Å². The quantitative estimate of drug-likeness (QED) is 0.870. The van der Waals surface area contributed by atoms with Gasteiger partial charge in [-0.05, 0) is 33.6 Å². The molecule has 17 heavy (non-hydrogen) atoms. The minimum absolute atomic E-state index is 0.101. The van der Waals surface area contributed by atoms with Crippen LogP contribution in [0.4, 0.5) is 17.6 Å². The fourth-order valence-corrected chi connectivity index (χ4v) is 1.54. The van der Waals surface area contributed by atoms with Gasteiger partial charge in [-0.1, -0.05) is 6.07 Å². The molecule has 0 amide bonds. The van der Waals surface area contributed by atoms with Gasteiger partial charge in [-0.2, -0.15) is 18.4 Å². The Morgan fingerprint density at radius 1 is 1.41 bits per heavy atom. The van der Waals surface area contributed by atoms with Gasteiger partial charge in [0.15, 0.2) is 0 Å². The third-order valence-corrected chi connectivity index (χ3v) is 2.52. The van der Waals surface area contributed by atoms with Gasteiger partial charge in [0.25, 0.3) is 0 Å². The topological polar surface area (TPSA) is 35.8 Å². The van der Waals surface area contributed by atoms with Crippen molar-refractivity contribution in [2.75, 3.05) is 6.54 Å². The van der Waals surface area contributed by atoms with Gasteiger partial charge in [0.2, 0.25) is 0 Å². The maximum absolute atomic E-state index is 12.9. The van der Waals surface area contributed by atoms with Crippen molar-refractivity contribution in [3.63, 3.8) is 0 Å². The predicted molar refractivity (Wildman–Crippen MR) is 56.5 cm³/mol. The van der Waals surface area contributed by atoms with E-state index in [-0.39, 0.29) is 10.0 Å². The van der Waals surface area contributed by atoms with Crippen molar-refractivity contribution in [3.8, 4) is 6.07 Å². The van der Waals surface area contributed by atoms with E-state index >= 15 is 0 Å². The van der Waals surface area contributed by atoms with E-state index in [2.05, 4.69) is 15.9 Å². The lowest BCUT2D eigenvalue weighted by Crippen LogP contribution is -2.31. The summed E-state index contributed by atoms with van der Waals surface area (Å²) in [6.45, 7) is -1.28. The molecule has 0 saturated carbocycles. The maximum atomic E-state index is 12.9. The smallest absolute Gasteiger partial charge is 0.290 e. The first-order valence-corrected chi connectivity index (χ1v) is 5.27. The monoisotopic (exact) mass is 310 g/mol. The van der Waals surface area contributed by atoms with Gasteiger partial charge in [0.05, 0.1) is 17.1 Å². The van der Waals surface area contributed by atoms with Gasteiger partial charge in [-0.15, -0.1) is 0 Å². The second-order valence-corrected chi connectivity index (χ2v) is 4.09. The molecule has 0 aliphatic rings. The molecule has 92 valence electrons. The van der Waals surface area contributed by atoms with Gasteiger partial charge in [0, 0.05) is 0 Å². The Hall–Kier alpha value is -1.13. The summed E-state index contributed by atoms with van der Waals surface area (Å²) in [7, 11) is 0. The van der Waals surface area contributed by atoms with Crippen molar-refractivity contribution >= 4 is 15.9 Å². The second kappa shape index (κ2) is 5.47. The Bertz CT molecular complexity index is 439. The van der Waals surface area contributed by atoms with Crippen LogP contribution in [0.3, 0.4) is 0 Å². The molecule has 1 aromatic rings. The lowest BCUT2D eigenvalue weighted by Gasteiger charge is -2.14. The van der Waals surface area contributed by atoms with E-state index < -0.39 is 24.6 Å². The van der Waals surface area contributed by atoms with Gasteiger partial charge in [0.1, 0.15) is 11.9 Å². The number of nitrogens with zero attached hydrogens (tertiary/aromatic N) is 1. The first-order chi connectivity index (χ1) is 7.83. The molecule has 1 aromatic carbocycles. The summed E-state index contributed by atoms with van der Waals surface area (Å²) >= 11 is 2.90.